The van der Waals surface area contributed by atoms with E-state index < -0.39 is 21.7 Å². The van der Waals surface area contributed by atoms with Crippen molar-refractivity contribution in [2.24, 2.45) is 0 Å². The van der Waals surface area contributed by atoms with Crippen LogP contribution in [-0.2, 0) is 19.6 Å². The first-order valence-electron chi connectivity index (χ1n) is 5.01. The summed E-state index contributed by atoms with van der Waals surface area (Å²) in [6.07, 6.45) is 1.62. The van der Waals surface area contributed by atoms with Crippen LogP contribution in [0.4, 0.5) is 0 Å². The molecular formula is C9H16N2O4S. The lowest BCUT2D eigenvalue weighted by Crippen LogP contribution is -2.31. The van der Waals surface area contributed by atoms with Gasteiger partial charge in [0, 0.05) is 13.0 Å². The topological polar surface area (TPSA) is 96.3 Å². The highest BCUT2D eigenvalue weighted by Gasteiger charge is 2.16. The highest BCUT2D eigenvalue weighted by Crippen LogP contribution is 1.94. The Morgan fingerprint density at radius 3 is 2.69 bits per heavy atom. The van der Waals surface area contributed by atoms with Crippen molar-refractivity contribution in [3.63, 3.8) is 0 Å². The van der Waals surface area contributed by atoms with Crippen molar-refractivity contribution in [1.29, 1.82) is 5.26 Å². The third-order valence-corrected chi connectivity index (χ3v) is 2.91. The third-order valence-electron chi connectivity index (χ3n) is 1.65. The number of ether oxygens (including phenoxy) is 1. The molecule has 92 valence electrons. The molecule has 0 saturated carbocycles. The fraction of sp³-hybridized carbons (Fsp3) is 0.778. The molecule has 7 heteroatoms. The van der Waals surface area contributed by atoms with Gasteiger partial charge in [-0.1, -0.05) is 0 Å². The highest BCUT2D eigenvalue weighted by molar-refractivity contribution is 7.90. The number of hydrogen-bond acceptors (Lipinski definition) is 5. The lowest BCUT2D eigenvalue weighted by molar-refractivity contribution is -0.139. The smallest absolute Gasteiger partial charge is 0.322 e. The van der Waals surface area contributed by atoms with Gasteiger partial charge in [0.25, 0.3) is 0 Å². The van der Waals surface area contributed by atoms with Gasteiger partial charge in [0.15, 0.2) is 5.75 Å². The number of nitrogens with zero attached hydrogens (tertiary/aromatic N) is 1. The zero-order valence-electron chi connectivity index (χ0n) is 9.23. The van der Waals surface area contributed by atoms with E-state index in [2.05, 4.69) is 9.46 Å². The quantitative estimate of drug-likeness (QED) is 0.487. The average molecular weight is 248 g/mol. The van der Waals surface area contributed by atoms with E-state index >= 15 is 0 Å². The van der Waals surface area contributed by atoms with Crippen LogP contribution in [0.3, 0.4) is 0 Å². The summed E-state index contributed by atoms with van der Waals surface area (Å²) in [5.74, 6) is -1.41. The zero-order chi connectivity index (χ0) is 12.4. The molecule has 0 spiro atoms. The van der Waals surface area contributed by atoms with E-state index in [-0.39, 0.29) is 13.2 Å². The molecule has 16 heavy (non-hydrogen) atoms. The van der Waals surface area contributed by atoms with Crippen LogP contribution < -0.4 is 4.72 Å². The molecule has 0 aliphatic heterocycles. The molecule has 0 radical (unpaired) electrons. The van der Waals surface area contributed by atoms with E-state index in [1.807, 2.05) is 6.07 Å². The standard InChI is InChI=1S/C9H16N2O4S/c1-2-15-9(12)8-16(13,14)11-7-5-3-4-6-10/h11H,2-5,7-8H2,1H3. The minimum Gasteiger partial charge on any atom is -0.465 e. The van der Waals surface area contributed by atoms with Gasteiger partial charge in [0.2, 0.25) is 10.0 Å². The van der Waals surface area contributed by atoms with Gasteiger partial charge in [0.05, 0.1) is 12.7 Å². The number of nitrogens with one attached hydrogen (secondary N) is 1. The van der Waals surface area contributed by atoms with E-state index in [0.717, 1.165) is 0 Å². The van der Waals surface area contributed by atoms with Crippen molar-refractivity contribution < 1.29 is 17.9 Å². The summed E-state index contributed by atoms with van der Waals surface area (Å²) >= 11 is 0. The van der Waals surface area contributed by atoms with Crippen LogP contribution in [-0.4, -0.2) is 33.3 Å². The minimum atomic E-state index is -3.60. The first-order valence-corrected chi connectivity index (χ1v) is 6.67. The molecule has 0 aliphatic carbocycles. The van der Waals surface area contributed by atoms with Gasteiger partial charge in [-0.3, -0.25) is 4.79 Å². The molecule has 0 amide bonds. The third kappa shape index (κ3) is 8.20. The molecular weight excluding hydrogens is 232 g/mol. The minimum absolute atomic E-state index is 0.163. The number of nitriles is 1. The Labute approximate surface area is 95.6 Å². The highest BCUT2D eigenvalue weighted by atomic mass is 32.2. The van der Waals surface area contributed by atoms with Crippen LogP contribution in [0.25, 0.3) is 0 Å². The Morgan fingerprint density at radius 2 is 2.12 bits per heavy atom. The van der Waals surface area contributed by atoms with Crippen molar-refractivity contribution in [1.82, 2.24) is 4.72 Å². The molecule has 0 atom stereocenters. The average Bonchev–Trinajstić information content (AvgIpc) is 2.16. The summed E-state index contributed by atoms with van der Waals surface area (Å²) in [6.45, 7) is 2.01. The zero-order valence-corrected chi connectivity index (χ0v) is 10.0. The summed E-state index contributed by atoms with van der Waals surface area (Å²) in [4.78, 5) is 10.9. The van der Waals surface area contributed by atoms with Crippen LogP contribution in [0.1, 0.15) is 26.2 Å². The van der Waals surface area contributed by atoms with E-state index in [9.17, 15) is 13.2 Å². The van der Waals surface area contributed by atoms with E-state index in [1.165, 1.54) is 0 Å². The van der Waals surface area contributed by atoms with Crippen LogP contribution in [0.2, 0.25) is 0 Å². The van der Waals surface area contributed by atoms with Crippen LogP contribution in [0.5, 0.6) is 0 Å². The number of rotatable bonds is 8. The van der Waals surface area contributed by atoms with Gasteiger partial charge in [-0.25, -0.2) is 13.1 Å². The Kier molecular flexibility index (Phi) is 7.50. The lowest BCUT2D eigenvalue weighted by atomic mass is 10.2. The van der Waals surface area contributed by atoms with Crippen molar-refractivity contribution in [2.75, 3.05) is 18.9 Å². The monoisotopic (exact) mass is 248 g/mol. The summed E-state index contributed by atoms with van der Waals surface area (Å²) in [5.41, 5.74) is 0. The van der Waals surface area contributed by atoms with Crippen molar-refractivity contribution >= 4 is 16.0 Å². The fourth-order valence-corrected chi connectivity index (χ4v) is 1.92. The Bertz CT molecular complexity index is 345. The number of hydrogen-bond donors (Lipinski definition) is 1. The summed E-state index contributed by atoms with van der Waals surface area (Å²) < 4.78 is 29.3. The largest absolute Gasteiger partial charge is 0.465 e. The number of carbonyl (C=O) groups excluding carboxylic acids is 1. The second kappa shape index (κ2) is 8.07. The predicted molar refractivity (Wildman–Crippen MR) is 57.9 cm³/mol. The van der Waals surface area contributed by atoms with Gasteiger partial charge in [-0.2, -0.15) is 5.26 Å². The van der Waals surface area contributed by atoms with Gasteiger partial charge in [0.1, 0.15) is 0 Å². The summed E-state index contributed by atoms with van der Waals surface area (Å²) in [6, 6.07) is 1.96. The molecule has 0 bridgehead atoms. The molecule has 0 unspecified atom stereocenters. The number of unbranched alkanes of at least 4 members (excludes halogenated alkanes) is 2. The maximum absolute atomic E-state index is 11.3. The second-order valence-corrected chi connectivity index (χ2v) is 4.88. The van der Waals surface area contributed by atoms with E-state index in [0.29, 0.717) is 19.3 Å². The van der Waals surface area contributed by atoms with E-state index in [1.54, 1.807) is 6.92 Å². The summed E-state index contributed by atoms with van der Waals surface area (Å²) in [5, 5.41) is 8.25. The maximum Gasteiger partial charge on any atom is 0.322 e. The van der Waals surface area contributed by atoms with Gasteiger partial charge in [-0.15, -0.1) is 0 Å². The van der Waals surface area contributed by atoms with Crippen LogP contribution in [0, 0.1) is 11.3 Å². The first-order chi connectivity index (χ1) is 7.52. The number of esters is 1. The van der Waals surface area contributed by atoms with E-state index in [4.69, 9.17) is 5.26 Å². The van der Waals surface area contributed by atoms with Crippen molar-refractivity contribution in [3.05, 3.63) is 0 Å². The molecule has 6 nitrogen and oxygen atoms in total. The van der Waals surface area contributed by atoms with Gasteiger partial charge >= 0.3 is 5.97 Å². The Balaban J connectivity index is 3.80. The Hall–Kier alpha value is -1.13. The molecule has 0 aromatic heterocycles. The maximum atomic E-state index is 11.3. The molecule has 0 fully saturated rings. The molecule has 0 saturated heterocycles. The molecule has 0 aliphatic rings. The fourth-order valence-electron chi connectivity index (χ4n) is 0.966. The molecule has 0 aromatic carbocycles. The van der Waals surface area contributed by atoms with Gasteiger partial charge < -0.3 is 4.74 Å². The first kappa shape index (κ1) is 14.9. The number of sulfonamides is 1. The summed E-state index contributed by atoms with van der Waals surface area (Å²) in [7, 11) is -3.60. The van der Waals surface area contributed by atoms with Crippen LogP contribution >= 0.6 is 0 Å². The van der Waals surface area contributed by atoms with Crippen molar-refractivity contribution in [2.45, 2.75) is 26.2 Å². The lowest BCUT2D eigenvalue weighted by Gasteiger charge is -2.05. The molecule has 0 rings (SSSR count). The van der Waals surface area contributed by atoms with Gasteiger partial charge in [-0.05, 0) is 19.8 Å². The van der Waals surface area contributed by atoms with Crippen molar-refractivity contribution in [3.8, 4) is 6.07 Å². The molecule has 0 aromatic rings. The Morgan fingerprint density at radius 1 is 1.44 bits per heavy atom. The van der Waals surface area contributed by atoms with Crippen LogP contribution in [0.15, 0.2) is 0 Å². The number of carbonyl (C=O) groups is 1. The molecule has 1 N–H and O–H groups in total. The normalized spacial score (nSPS) is 10.8. The molecule has 0 heterocycles. The predicted octanol–water partition coefficient (Wildman–Crippen LogP) is 0.163. The second-order valence-electron chi connectivity index (χ2n) is 3.07. The SMILES string of the molecule is CCOC(=O)CS(=O)(=O)NCCCCC#N.